The van der Waals surface area contributed by atoms with E-state index >= 15 is 0 Å². The van der Waals surface area contributed by atoms with Crippen molar-refractivity contribution < 1.29 is 4.42 Å². The maximum Gasteiger partial charge on any atom is 0.136 e. The molecule has 0 saturated carbocycles. The number of rotatable bonds is 2. The molecule has 34 heavy (non-hydrogen) atoms. The van der Waals surface area contributed by atoms with Crippen molar-refractivity contribution in [3.63, 3.8) is 0 Å². The van der Waals surface area contributed by atoms with Crippen LogP contribution in [0, 0.1) is 0 Å². The van der Waals surface area contributed by atoms with Crippen molar-refractivity contribution in [2.45, 2.75) is 6.42 Å². The first kappa shape index (κ1) is 19.6. The molecule has 2 heterocycles. The van der Waals surface area contributed by atoms with E-state index < -0.39 is 0 Å². The molecule has 0 atom stereocenters. The van der Waals surface area contributed by atoms with Gasteiger partial charge in [0.1, 0.15) is 11.2 Å². The van der Waals surface area contributed by atoms with Crippen LogP contribution in [0.5, 0.6) is 0 Å². The number of fused-ring (bicyclic) bond motifs is 6. The normalized spacial score (nSPS) is 13.9. The molecule has 0 bridgehead atoms. The Morgan fingerprint density at radius 3 is 2.47 bits per heavy atom. The van der Waals surface area contributed by atoms with Crippen LogP contribution in [0.4, 0.5) is 0 Å². The first-order chi connectivity index (χ1) is 16.8. The minimum atomic E-state index is 0.902. The molecule has 0 unspecified atom stereocenters. The number of furan rings is 1. The summed E-state index contributed by atoms with van der Waals surface area (Å²) >= 11 is 3.71. The lowest BCUT2D eigenvalue weighted by atomic mass is 10.0. The van der Waals surface area contributed by atoms with E-state index in [-0.39, 0.29) is 0 Å². The zero-order valence-electron chi connectivity index (χ0n) is 18.3. The maximum absolute atomic E-state index is 6.08. The van der Waals surface area contributed by atoms with Crippen molar-refractivity contribution in [1.82, 2.24) is 4.57 Å². The van der Waals surface area contributed by atoms with Crippen LogP contribution in [0.15, 0.2) is 118 Å². The van der Waals surface area contributed by atoms with Gasteiger partial charge in [-0.2, -0.15) is 0 Å². The molecular formula is C31H20BrNO. The molecule has 162 valence electrons. The van der Waals surface area contributed by atoms with Gasteiger partial charge in [-0.25, -0.2) is 0 Å². The summed E-state index contributed by atoms with van der Waals surface area (Å²) in [6.07, 6.45) is 11.8. The summed E-state index contributed by atoms with van der Waals surface area (Å²) < 4.78 is 9.51. The number of allylic oxidation sites excluding steroid dienone is 6. The van der Waals surface area contributed by atoms with Gasteiger partial charge in [0.15, 0.2) is 0 Å². The van der Waals surface area contributed by atoms with E-state index in [1.54, 1.807) is 0 Å². The van der Waals surface area contributed by atoms with Gasteiger partial charge in [0.2, 0.25) is 0 Å². The molecular weight excluding hydrogens is 482 g/mol. The second-order valence-electron chi connectivity index (χ2n) is 8.66. The van der Waals surface area contributed by atoms with Crippen molar-refractivity contribution in [2.24, 2.45) is 0 Å². The van der Waals surface area contributed by atoms with Crippen LogP contribution in [0.3, 0.4) is 0 Å². The lowest BCUT2D eigenvalue weighted by molar-refractivity contribution is 0.669. The Morgan fingerprint density at radius 2 is 1.53 bits per heavy atom. The van der Waals surface area contributed by atoms with E-state index in [0.717, 1.165) is 32.8 Å². The molecule has 2 nitrogen and oxygen atoms in total. The summed E-state index contributed by atoms with van der Waals surface area (Å²) in [5, 5.41) is 4.78. The van der Waals surface area contributed by atoms with Crippen LogP contribution >= 0.6 is 15.9 Å². The van der Waals surface area contributed by atoms with Gasteiger partial charge < -0.3 is 8.98 Å². The highest BCUT2D eigenvalue weighted by Gasteiger charge is 2.15. The number of benzene rings is 4. The molecule has 0 spiro atoms. The first-order valence-electron chi connectivity index (χ1n) is 11.5. The molecule has 3 heteroatoms. The molecule has 2 aromatic heterocycles. The zero-order chi connectivity index (χ0) is 22.6. The second kappa shape index (κ2) is 7.61. The number of hydrogen-bond donors (Lipinski definition) is 0. The minimum absolute atomic E-state index is 0.902. The number of halogens is 1. The highest BCUT2D eigenvalue weighted by Crippen LogP contribution is 2.38. The van der Waals surface area contributed by atoms with Crippen molar-refractivity contribution >= 4 is 65.4 Å². The molecule has 0 aliphatic heterocycles. The molecule has 7 rings (SSSR count). The lowest BCUT2D eigenvalue weighted by Crippen LogP contribution is -1.94. The smallest absolute Gasteiger partial charge is 0.136 e. The summed E-state index contributed by atoms with van der Waals surface area (Å²) in [7, 11) is 0. The van der Waals surface area contributed by atoms with E-state index in [1.807, 2.05) is 12.1 Å². The Labute approximate surface area is 205 Å². The Balaban J connectivity index is 1.46. The Kier molecular flexibility index (Phi) is 4.39. The van der Waals surface area contributed by atoms with Crippen molar-refractivity contribution in [3.05, 3.63) is 114 Å². The third kappa shape index (κ3) is 2.94. The Morgan fingerprint density at radius 1 is 0.706 bits per heavy atom. The van der Waals surface area contributed by atoms with E-state index in [0.29, 0.717) is 0 Å². The molecule has 4 aromatic carbocycles. The maximum atomic E-state index is 6.08. The van der Waals surface area contributed by atoms with Crippen molar-refractivity contribution in [2.75, 3.05) is 0 Å². The largest absolute Gasteiger partial charge is 0.456 e. The SMILES string of the molecule is Brc1cccc2oc3ccc(-c4ccc5c(c4)c4ccccc4n5C4=CCC=CC=C4)cc3c12. The summed E-state index contributed by atoms with van der Waals surface area (Å²) in [5.41, 5.74) is 7.85. The quantitative estimate of drug-likeness (QED) is 0.231. The standard InChI is InChI=1S/C31H20BrNO/c32-26-11-7-13-30-31(26)25-19-21(15-17-29(25)34-30)20-14-16-28-24(18-20)23-10-5-6-12-27(23)33(28)22-8-3-1-2-4-9-22/h1-3,5-19H,4H2. The van der Waals surface area contributed by atoms with E-state index in [1.165, 1.54) is 38.6 Å². The van der Waals surface area contributed by atoms with Crippen molar-refractivity contribution in [1.29, 1.82) is 0 Å². The fourth-order valence-electron chi connectivity index (χ4n) is 5.13. The van der Waals surface area contributed by atoms with Crippen LogP contribution in [0.25, 0.3) is 60.6 Å². The topological polar surface area (TPSA) is 18.1 Å². The van der Waals surface area contributed by atoms with Gasteiger partial charge in [0.05, 0.1) is 11.0 Å². The minimum Gasteiger partial charge on any atom is -0.456 e. The summed E-state index contributed by atoms with van der Waals surface area (Å²) in [4.78, 5) is 0. The fourth-order valence-corrected chi connectivity index (χ4v) is 5.69. The Hall–Kier alpha value is -3.82. The molecule has 0 fully saturated rings. The van der Waals surface area contributed by atoms with Gasteiger partial charge in [0.25, 0.3) is 0 Å². The van der Waals surface area contributed by atoms with Crippen molar-refractivity contribution in [3.8, 4) is 11.1 Å². The van der Waals surface area contributed by atoms with Gasteiger partial charge in [-0.1, -0.05) is 76.6 Å². The molecule has 6 aromatic rings. The summed E-state index contributed by atoms with van der Waals surface area (Å²) in [6, 6.07) is 28.1. The monoisotopic (exact) mass is 501 g/mol. The number of para-hydroxylation sites is 1. The van der Waals surface area contributed by atoms with Crippen LogP contribution in [0.1, 0.15) is 6.42 Å². The first-order valence-corrected chi connectivity index (χ1v) is 12.3. The van der Waals surface area contributed by atoms with E-state index in [9.17, 15) is 0 Å². The van der Waals surface area contributed by atoms with Gasteiger partial charge in [-0.15, -0.1) is 0 Å². The summed E-state index contributed by atoms with van der Waals surface area (Å²) in [6.45, 7) is 0. The number of aromatic nitrogens is 1. The molecule has 1 aliphatic carbocycles. The van der Waals surface area contributed by atoms with Gasteiger partial charge in [0, 0.05) is 31.7 Å². The molecule has 0 radical (unpaired) electrons. The number of hydrogen-bond acceptors (Lipinski definition) is 1. The average molecular weight is 502 g/mol. The van der Waals surface area contributed by atoms with Gasteiger partial charge in [-0.3, -0.25) is 0 Å². The third-order valence-corrected chi connectivity index (χ3v) is 7.35. The zero-order valence-corrected chi connectivity index (χ0v) is 19.9. The molecule has 0 N–H and O–H groups in total. The van der Waals surface area contributed by atoms with Gasteiger partial charge in [-0.05, 0) is 66.1 Å². The van der Waals surface area contributed by atoms with E-state index in [2.05, 4.69) is 118 Å². The highest BCUT2D eigenvalue weighted by atomic mass is 79.9. The predicted octanol–water partition coefficient (Wildman–Crippen LogP) is 9.48. The van der Waals surface area contributed by atoms with Gasteiger partial charge >= 0.3 is 0 Å². The van der Waals surface area contributed by atoms with Crippen LogP contribution < -0.4 is 0 Å². The summed E-state index contributed by atoms with van der Waals surface area (Å²) in [5.74, 6) is 0. The Bertz CT molecular complexity index is 1840. The molecule has 0 saturated heterocycles. The third-order valence-electron chi connectivity index (χ3n) is 6.69. The van der Waals surface area contributed by atoms with Crippen LogP contribution in [0.2, 0.25) is 0 Å². The molecule has 1 aliphatic rings. The number of nitrogens with zero attached hydrogens (tertiary/aromatic N) is 1. The predicted molar refractivity (Wildman–Crippen MR) is 147 cm³/mol. The fraction of sp³-hybridized carbons (Fsp3) is 0.0323. The lowest BCUT2D eigenvalue weighted by Gasteiger charge is -2.09. The second-order valence-corrected chi connectivity index (χ2v) is 9.52. The van der Waals surface area contributed by atoms with Crippen LogP contribution in [-0.4, -0.2) is 4.57 Å². The van der Waals surface area contributed by atoms with Crippen LogP contribution in [-0.2, 0) is 0 Å². The molecule has 0 amide bonds. The average Bonchev–Trinajstić information content (AvgIpc) is 3.27. The highest BCUT2D eigenvalue weighted by molar-refractivity contribution is 9.10. The van der Waals surface area contributed by atoms with E-state index in [4.69, 9.17) is 4.42 Å².